The van der Waals surface area contributed by atoms with E-state index in [1.54, 1.807) is 24.7 Å². The van der Waals surface area contributed by atoms with Crippen LogP contribution in [0.3, 0.4) is 0 Å². The van der Waals surface area contributed by atoms with Crippen molar-refractivity contribution in [2.75, 3.05) is 44.7 Å². The number of ether oxygens (including phenoxy) is 3. The molecule has 5 N–H and O–H groups in total. The minimum Gasteiger partial charge on any atom is -0.471 e. The first-order chi connectivity index (χ1) is 32.5. The molecule has 2 aromatic carbocycles. The highest BCUT2D eigenvalue weighted by atomic mass is 19.4. The van der Waals surface area contributed by atoms with E-state index < -0.39 is 65.9 Å². The number of fused-ring (bicyclic) bond motifs is 1. The summed E-state index contributed by atoms with van der Waals surface area (Å²) in [6.45, 7) is 1.42. The molecule has 360 valence electrons. The van der Waals surface area contributed by atoms with E-state index in [1.807, 2.05) is 4.57 Å². The van der Waals surface area contributed by atoms with Crippen LogP contribution in [0.15, 0.2) is 67.3 Å². The topological polar surface area (TPSA) is 246 Å². The molecule has 0 aliphatic carbocycles. The van der Waals surface area contributed by atoms with Crippen LogP contribution in [0.2, 0.25) is 0 Å². The van der Waals surface area contributed by atoms with Crippen molar-refractivity contribution in [2.24, 2.45) is 5.73 Å². The summed E-state index contributed by atoms with van der Waals surface area (Å²) in [4.78, 5) is 98.8. The van der Waals surface area contributed by atoms with Crippen molar-refractivity contribution in [2.45, 2.75) is 76.2 Å². The van der Waals surface area contributed by atoms with E-state index in [4.69, 9.17) is 15.2 Å². The van der Waals surface area contributed by atoms with Gasteiger partial charge in [0.05, 0.1) is 49.3 Å². The summed E-state index contributed by atoms with van der Waals surface area (Å²) >= 11 is 0. The number of hydrogen-bond donors (Lipinski definition) is 4. The normalized spacial score (nSPS) is 18.3. The Kier molecular flexibility index (Phi) is 15.3. The zero-order valence-electron chi connectivity index (χ0n) is 36.4. The number of carbonyl (C=O) groups is 7. The number of halogens is 4. The molecular weight excluding hydrogens is 903 g/mol. The van der Waals surface area contributed by atoms with Gasteiger partial charge in [0.2, 0.25) is 29.5 Å². The van der Waals surface area contributed by atoms with Crippen molar-refractivity contribution in [3.8, 4) is 22.9 Å². The van der Waals surface area contributed by atoms with Gasteiger partial charge in [-0.05, 0) is 55.2 Å². The number of alkyl halides is 4. The van der Waals surface area contributed by atoms with Crippen LogP contribution in [-0.2, 0) is 36.9 Å². The number of piperidine rings is 2. The molecule has 4 aromatic rings. The zero-order chi connectivity index (χ0) is 48.5. The van der Waals surface area contributed by atoms with E-state index >= 15 is 4.39 Å². The maximum absolute atomic E-state index is 15.3. The number of aryl methyl sites for hydroxylation is 1. The van der Waals surface area contributed by atoms with Crippen LogP contribution >= 0.6 is 0 Å². The molecule has 7 amide bonds. The Hall–Kier alpha value is -7.43. The molecule has 3 aliphatic rings. The van der Waals surface area contributed by atoms with Gasteiger partial charge in [0, 0.05) is 69.1 Å². The third kappa shape index (κ3) is 12.1. The summed E-state index contributed by atoms with van der Waals surface area (Å²) in [5, 5.41) is 8.11. The number of nitrogens with two attached hydrogens (primary N) is 1. The lowest BCUT2D eigenvalue weighted by atomic mass is 10.0. The quantitative estimate of drug-likeness (QED) is 0.0565. The van der Waals surface area contributed by atoms with Crippen molar-refractivity contribution >= 4 is 47.0 Å². The maximum atomic E-state index is 15.3. The third-order valence-corrected chi connectivity index (χ3v) is 11.3. The lowest BCUT2D eigenvalue weighted by Crippen LogP contribution is -2.54. The second-order valence-electron chi connectivity index (χ2n) is 16.1. The summed E-state index contributed by atoms with van der Waals surface area (Å²) in [6, 6.07) is 9.97. The molecule has 0 radical (unpaired) electrons. The molecule has 2 saturated heterocycles. The number of hydrogen-bond acceptors (Lipinski definition) is 13. The van der Waals surface area contributed by atoms with E-state index in [0.29, 0.717) is 48.4 Å². The van der Waals surface area contributed by atoms with Gasteiger partial charge >= 0.3 is 6.36 Å². The highest BCUT2D eigenvalue weighted by Crippen LogP contribution is 2.33. The smallest absolute Gasteiger partial charge is 0.471 e. The fourth-order valence-electron chi connectivity index (χ4n) is 7.90. The van der Waals surface area contributed by atoms with Gasteiger partial charge in [-0.3, -0.25) is 43.8 Å². The first kappa shape index (κ1) is 48.5. The van der Waals surface area contributed by atoms with Crippen molar-refractivity contribution in [3.05, 3.63) is 89.5 Å². The van der Waals surface area contributed by atoms with Crippen LogP contribution in [0.5, 0.6) is 11.6 Å². The number of pyridine rings is 1. The Balaban J connectivity index is 0.782. The molecule has 7 rings (SSSR count). The van der Waals surface area contributed by atoms with Gasteiger partial charge in [0.15, 0.2) is 6.17 Å². The highest BCUT2D eigenvalue weighted by Gasteiger charge is 2.45. The maximum Gasteiger partial charge on any atom is 0.573 e. The molecule has 5 heterocycles. The molecule has 19 nitrogen and oxygen atoms in total. The van der Waals surface area contributed by atoms with Crippen LogP contribution in [0.4, 0.5) is 23.2 Å². The minimum atomic E-state index is -4.85. The lowest BCUT2D eigenvalue weighted by Gasteiger charge is -2.34. The van der Waals surface area contributed by atoms with E-state index in [-0.39, 0.29) is 93.4 Å². The molecule has 0 bridgehead atoms. The first-order valence-corrected chi connectivity index (χ1v) is 21.7. The Morgan fingerprint density at radius 2 is 1.75 bits per heavy atom. The Bertz CT molecular complexity index is 2560. The second-order valence-corrected chi connectivity index (χ2v) is 16.1. The molecule has 1 unspecified atom stereocenters. The fourth-order valence-corrected chi connectivity index (χ4v) is 7.90. The van der Waals surface area contributed by atoms with Gasteiger partial charge < -0.3 is 40.0 Å². The van der Waals surface area contributed by atoms with Crippen LogP contribution < -0.4 is 31.2 Å². The minimum absolute atomic E-state index is 0.0200. The monoisotopic (exact) mass is 949 g/mol. The predicted octanol–water partition coefficient (Wildman–Crippen LogP) is 3.32. The summed E-state index contributed by atoms with van der Waals surface area (Å²) in [7, 11) is 0. The van der Waals surface area contributed by atoms with Crippen LogP contribution in [0, 0.1) is 0 Å². The average molecular weight is 950 g/mol. The summed E-state index contributed by atoms with van der Waals surface area (Å²) in [5.74, 6) is -4.45. The van der Waals surface area contributed by atoms with E-state index in [9.17, 15) is 46.7 Å². The zero-order valence-corrected chi connectivity index (χ0v) is 36.4. The van der Waals surface area contributed by atoms with Crippen molar-refractivity contribution < 1.29 is 65.3 Å². The van der Waals surface area contributed by atoms with Gasteiger partial charge in [-0.2, -0.15) is 0 Å². The number of unbranched alkanes of at least 4 members (excludes halogenated alkanes) is 1. The molecule has 0 saturated carbocycles. The summed E-state index contributed by atoms with van der Waals surface area (Å²) in [6.07, 6.45) is -1.31. The van der Waals surface area contributed by atoms with Gasteiger partial charge in [-0.1, -0.05) is 18.2 Å². The second kappa shape index (κ2) is 21.5. The third-order valence-electron chi connectivity index (χ3n) is 11.3. The molecule has 2 aromatic heterocycles. The molecule has 0 spiro atoms. The molecule has 2 fully saturated rings. The average Bonchev–Trinajstić information content (AvgIpc) is 3.87. The van der Waals surface area contributed by atoms with Gasteiger partial charge in [0.1, 0.15) is 23.5 Å². The van der Waals surface area contributed by atoms with E-state index in [1.165, 1.54) is 35.4 Å². The number of anilines is 1. The Morgan fingerprint density at radius 3 is 2.49 bits per heavy atom. The number of carbonyl (C=O) groups excluding carboxylic acids is 7. The number of nitrogens with one attached hydrogen (secondary N) is 3. The summed E-state index contributed by atoms with van der Waals surface area (Å²) in [5.41, 5.74) is 7.62. The standard InChI is InChI=1S/C45H47F4N9O10/c46-31-23-57(38(61)20-26-6-8-28(9-7-26)68-45(47,48)49)17-12-35(31)67-42-30(40(50)62)21-27(22-53-42)33-24-56(25-54-33)16-2-1-14-52-36(59)13-18-66-19-15-51-32-5-3-4-29-39(32)44(65)58(43(29)64)34-10-11-37(60)55-41(34)63/h3-9,21-22,24-25,31,34-35,51H,1-2,10-20,23H2,(H2,50,62)(H,52,59)(H,55,60,63)/t31-,34?,35-/m1/s1. The fraction of sp³-hybridized carbons (Fsp3) is 0.400. The van der Waals surface area contributed by atoms with Crippen molar-refractivity contribution in [1.82, 2.24) is 35.0 Å². The molecular formula is C45H47F4N9O10. The number of imidazole rings is 1. The number of nitrogens with zero attached hydrogens (tertiary/aromatic N) is 5. The molecule has 3 aliphatic heterocycles. The van der Waals surface area contributed by atoms with E-state index in [2.05, 4.69) is 30.7 Å². The number of likely N-dealkylation sites (tertiary alicyclic amines) is 1. The van der Waals surface area contributed by atoms with Crippen molar-refractivity contribution in [1.29, 1.82) is 0 Å². The number of imide groups is 2. The number of aromatic nitrogens is 3. The van der Waals surface area contributed by atoms with Crippen LogP contribution in [0.25, 0.3) is 11.3 Å². The molecule has 23 heteroatoms. The van der Waals surface area contributed by atoms with Crippen molar-refractivity contribution in [3.63, 3.8) is 0 Å². The van der Waals surface area contributed by atoms with E-state index in [0.717, 1.165) is 17.0 Å². The number of benzene rings is 2. The highest BCUT2D eigenvalue weighted by molar-refractivity contribution is 6.25. The van der Waals surface area contributed by atoms with Gasteiger partial charge in [0.25, 0.3) is 17.7 Å². The largest absolute Gasteiger partial charge is 0.573 e. The summed E-state index contributed by atoms with van der Waals surface area (Å²) < 4.78 is 69.8. The lowest BCUT2D eigenvalue weighted by molar-refractivity contribution is -0.274. The van der Waals surface area contributed by atoms with Crippen LogP contribution in [0.1, 0.15) is 75.2 Å². The molecule has 3 atom stereocenters. The predicted molar refractivity (Wildman–Crippen MR) is 231 cm³/mol. The van der Waals surface area contributed by atoms with Gasteiger partial charge in [-0.15, -0.1) is 13.2 Å². The SMILES string of the molecule is NC(=O)c1cc(-c2cn(CCCCNC(=O)CCOCCNc3cccc4c3C(=O)N(C3CCC(=O)NC3=O)C4=O)cn2)cnc1O[C@@H]1CCN(C(=O)Cc2ccc(OC(F)(F)F)cc2)C[C@H]1F. The number of amides is 7. The van der Waals surface area contributed by atoms with Gasteiger partial charge in [-0.25, -0.2) is 14.4 Å². The Morgan fingerprint density at radius 1 is 0.956 bits per heavy atom. The Labute approximate surface area is 385 Å². The van der Waals surface area contributed by atoms with Crippen LogP contribution in [-0.4, -0.2) is 130 Å². The number of rotatable bonds is 20. The first-order valence-electron chi connectivity index (χ1n) is 21.7. The molecule has 68 heavy (non-hydrogen) atoms. The number of primary amides is 1.